The summed E-state index contributed by atoms with van der Waals surface area (Å²) in [6.07, 6.45) is 0. The standard InChI is InChI=1S/C13H17N3OS/c1-8-4-5-10-9(6-8)15-12(18)16(10)7-13(2,3)11(14)17/h4-6H,7H2,1-3H3,(H2,14,17)(H,15,18). The zero-order chi connectivity index (χ0) is 13.5. The molecule has 4 nitrogen and oxygen atoms in total. The van der Waals surface area contributed by atoms with Gasteiger partial charge in [0.2, 0.25) is 5.91 Å². The fraction of sp³-hybridized carbons (Fsp3) is 0.385. The van der Waals surface area contributed by atoms with Crippen LogP contribution in [0.1, 0.15) is 19.4 Å². The molecule has 1 aromatic heterocycles. The number of carbonyl (C=O) groups excluding carboxylic acids is 1. The molecular formula is C13H17N3OS. The lowest BCUT2D eigenvalue weighted by Crippen LogP contribution is -2.35. The highest BCUT2D eigenvalue weighted by molar-refractivity contribution is 7.71. The normalized spacial score (nSPS) is 11.9. The lowest BCUT2D eigenvalue weighted by molar-refractivity contribution is -0.126. The van der Waals surface area contributed by atoms with Crippen molar-refractivity contribution in [3.63, 3.8) is 0 Å². The third-order valence-corrected chi connectivity index (χ3v) is 3.47. The number of aryl methyl sites for hydroxylation is 1. The maximum atomic E-state index is 11.4. The van der Waals surface area contributed by atoms with E-state index in [1.165, 1.54) is 5.56 Å². The van der Waals surface area contributed by atoms with Crippen molar-refractivity contribution >= 4 is 29.2 Å². The van der Waals surface area contributed by atoms with Crippen LogP contribution in [0.25, 0.3) is 11.0 Å². The van der Waals surface area contributed by atoms with Gasteiger partial charge in [0, 0.05) is 6.54 Å². The second kappa shape index (κ2) is 4.24. The van der Waals surface area contributed by atoms with Gasteiger partial charge in [-0.25, -0.2) is 0 Å². The van der Waals surface area contributed by atoms with Crippen LogP contribution < -0.4 is 5.73 Å². The van der Waals surface area contributed by atoms with Crippen LogP contribution in [0.4, 0.5) is 0 Å². The Hall–Kier alpha value is -1.62. The third kappa shape index (κ3) is 2.18. The maximum Gasteiger partial charge on any atom is 0.224 e. The number of primary amides is 1. The molecule has 3 N–H and O–H groups in total. The van der Waals surface area contributed by atoms with Crippen molar-refractivity contribution < 1.29 is 4.79 Å². The number of carbonyl (C=O) groups is 1. The number of benzene rings is 1. The van der Waals surface area contributed by atoms with E-state index < -0.39 is 5.41 Å². The zero-order valence-corrected chi connectivity index (χ0v) is 11.6. The van der Waals surface area contributed by atoms with Crippen molar-refractivity contribution in [3.05, 3.63) is 28.5 Å². The Morgan fingerprint density at radius 3 is 2.78 bits per heavy atom. The Bertz CT molecular complexity index is 666. The van der Waals surface area contributed by atoms with E-state index in [-0.39, 0.29) is 5.91 Å². The molecule has 0 radical (unpaired) electrons. The van der Waals surface area contributed by atoms with Gasteiger partial charge in [-0.1, -0.05) is 6.07 Å². The van der Waals surface area contributed by atoms with Crippen molar-refractivity contribution in [1.82, 2.24) is 9.55 Å². The zero-order valence-electron chi connectivity index (χ0n) is 10.8. The lowest BCUT2D eigenvalue weighted by Gasteiger charge is -2.21. The molecule has 0 unspecified atom stereocenters. The molecule has 0 aliphatic rings. The Morgan fingerprint density at radius 2 is 2.17 bits per heavy atom. The van der Waals surface area contributed by atoms with E-state index in [1.807, 2.05) is 43.5 Å². The van der Waals surface area contributed by atoms with Crippen LogP contribution in [0.3, 0.4) is 0 Å². The van der Waals surface area contributed by atoms with Gasteiger partial charge in [0.1, 0.15) is 0 Å². The molecule has 1 aromatic carbocycles. The maximum absolute atomic E-state index is 11.4. The second-order valence-electron chi connectivity index (χ2n) is 5.29. The van der Waals surface area contributed by atoms with Crippen LogP contribution in [0.2, 0.25) is 0 Å². The largest absolute Gasteiger partial charge is 0.369 e. The van der Waals surface area contributed by atoms with Gasteiger partial charge in [0.05, 0.1) is 16.4 Å². The van der Waals surface area contributed by atoms with Crippen molar-refractivity contribution in [2.75, 3.05) is 0 Å². The van der Waals surface area contributed by atoms with E-state index in [0.717, 1.165) is 11.0 Å². The van der Waals surface area contributed by atoms with E-state index in [0.29, 0.717) is 11.3 Å². The Labute approximate surface area is 111 Å². The minimum atomic E-state index is -0.627. The number of H-pyrrole nitrogens is 1. The summed E-state index contributed by atoms with van der Waals surface area (Å²) in [7, 11) is 0. The molecule has 0 aliphatic heterocycles. The predicted molar refractivity (Wildman–Crippen MR) is 74.8 cm³/mol. The van der Waals surface area contributed by atoms with Gasteiger partial charge in [0.25, 0.3) is 0 Å². The quantitative estimate of drug-likeness (QED) is 0.836. The topological polar surface area (TPSA) is 63.8 Å². The van der Waals surface area contributed by atoms with Crippen LogP contribution in [0, 0.1) is 17.1 Å². The number of nitrogens with zero attached hydrogens (tertiary/aromatic N) is 1. The fourth-order valence-electron chi connectivity index (χ4n) is 1.91. The van der Waals surface area contributed by atoms with Gasteiger partial charge in [-0.2, -0.15) is 0 Å². The highest BCUT2D eigenvalue weighted by Crippen LogP contribution is 2.22. The van der Waals surface area contributed by atoms with Gasteiger partial charge in [0.15, 0.2) is 4.77 Å². The Balaban J connectivity index is 2.55. The van der Waals surface area contributed by atoms with Crippen LogP contribution >= 0.6 is 12.2 Å². The van der Waals surface area contributed by atoms with E-state index in [4.69, 9.17) is 18.0 Å². The number of rotatable bonds is 3. The van der Waals surface area contributed by atoms with Gasteiger partial charge < -0.3 is 15.3 Å². The molecule has 0 spiro atoms. The lowest BCUT2D eigenvalue weighted by atomic mass is 9.92. The summed E-state index contributed by atoms with van der Waals surface area (Å²) >= 11 is 5.31. The number of imidazole rings is 1. The number of aromatic nitrogens is 2. The van der Waals surface area contributed by atoms with E-state index in [9.17, 15) is 4.79 Å². The summed E-state index contributed by atoms with van der Waals surface area (Å²) < 4.78 is 2.54. The van der Waals surface area contributed by atoms with Crippen LogP contribution in [0.5, 0.6) is 0 Å². The first kappa shape index (κ1) is 12.8. The van der Waals surface area contributed by atoms with Gasteiger partial charge in [-0.15, -0.1) is 0 Å². The molecule has 1 amide bonds. The summed E-state index contributed by atoms with van der Waals surface area (Å²) in [6, 6.07) is 6.08. The minimum absolute atomic E-state index is 0.328. The van der Waals surface area contributed by atoms with E-state index >= 15 is 0 Å². The molecule has 2 aromatic rings. The van der Waals surface area contributed by atoms with Gasteiger partial charge in [-0.05, 0) is 50.7 Å². The van der Waals surface area contributed by atoms with Crippen LogP contribution in [-0.2, 0) is 11.3 Å². The summed E-state index contributed by atoms with van der Waals surface area (Å²) in [5.41, 5.74) is 7.93. The first-order chi connectivity index (χ1) is 8.31. The molecule has 0 aliphatic carbocycles. The van der Waals surface area contributed by atoms with Gasteiger partial charge >= 0.3 is 0 Å². The van der Waals surface area contributed by atoms with Crippen molar-refractivity contribution in [2.45, 2.75) is 27.3 Å². The van der Waals surface area contributed by atoms with Crippen molar-refractivity contribution in [1.29, 1.82) is 0 Å². The van der Waals surface area contributed by atoms with E-state index in [2.05, 4.69) is 4.98 Å². The molecule has 5 heteroatoms. The summed E-state index contributed by atoms with van der Waals surface area (Å²) in [5.74, 6) is -0.328. The first-order valence-electron chi connectivity index (χ1n) is 5.80. The number of nitrogens with two attached hydrogens (primary N) is 1. The predicted octanol–water partition coefficient (Wildman–Crippen LogP) is 2.52. The highest BCUT2D eigenvalue weighted by Gasteiger charge is 2.26. The number of hydrogen-bond donors (Lipinski definition) is 2. The molecule has 96 valence electrons. The average Bonchev–Trinajstić information content (AvgIpc) is 2.54. The summed E-state index contributed by atoms with van der Waals surface area (Å²) in [4.78, 5) is 14.6. The molecule has 18 heavy (non-hydrogen) atoms. The number of nitrogens with one attached hydrogen (secondary N) is 1. The molecule has 1 heterocycles. The number of hydrogen-bond acceptors (Lipinski definition) is 2. The first-order valence-corrected chi connectivity index (χ1v) is 6.21. The molecule has 0 fully saturated rings. The molecule has 0 atom stereocenters. The summed E-state index contributed by atoms with van der Waals surface area (Å²) in [5, 5.41) is 0. The molecule has 0 bridgehead atoms. The molecule has 0 saturated heterocycles. The highest BCUT2D eigenvalue weighted by atomic mass is 32.1. The van der Waals surface area contributed by atoms with E-state index in [1.54, 1.807) is 0 Å². The van der Waals surface area contributed by atoms with Crippen LogP contribution in [0.15, 0.2) is 18.2 Å². The number of fused-ring (bicyclic) bond motifs is 1. The molecule has 2 rings (SSSR count). The van der Waals surface area contributed by atoms with Crippen molar-refractivity contribution in [3.8, 4) is 0 Å². The van der Waals surface area contributed by atoms with Crippen LogP contribution in [-0.4, -0.2) is 15.5 Å². The Morgan fingerprint density at radius 1 is 1.50 bits per heavy atom. The smallest absolute Gasteiger partial charge is 0.224 e. The van der Waals surface area contributed by atoms with Crippen molar-refractivity contribution in [2.24, 2.45) is 11.1 Å². The monoisotopic (exact) mass is 263 g/mol. The number of aromatic amines is 1. The minimum Gasteiger partial charge on any atom is -0.369 e. The summed E-state index contributed by atoms with van der Waals surface area (Å²) in [6.45, 7) is 6.15. The second-order valence-corrected chi connectivity index (χ2v) is 5.67. The molecular weight excluding hydrogens is 246 g/mol. The fourth-order valence-corrected chi connectivity index (χ4v) is 2.18. The third-order valence-electron chi connectivity index (χ3n) is 3.15. The Kier molecular flexibility index (Phi) is 3.02. The SMILES string of the molecule is Cc1ccc2c(c1)[nH]c(=S)n2CC(C)(C)C(N)=O. The number of amides is 1. The van der Waals surface area contributed by atoms with Gasteiger partial charge in [-0.3, -0.25) is 4.79 Å². The molecule has 0 saturated carbocycles. The average molecular weight is 263 g/mol.